The average molecular weight is 228 g/mol. The van der Waals surface area contributed by atoms with Crippen LogP contribution in [0.2, 0.25) is 0 Å². The highest BCUT2D eigenvalue weighted by Crippen LogP contribution is 2.21. The number of hydrogen-bond acceptors (Lipinski definition) is 3. The molecular weight excluding hydrogens is 208 g/mol. The summed E-state index contributed by atoms with van der Waals surface area (Å²) in [7, 11) is 0. The van der Waals surface area contributed by atoms with Crippen LogP contribution >= 0.6 is 0 Å². The molecule has 1 saturated heterocycles. The first kappa shape index (κ1) is 13.0. The van der Waals surface area contributed by atoms with Crippen LogP contribution in [0.15, 0.2) is 0 Å². The molecule has 1 fully saturated rings. The minimum absolute atomic E-state index is 0.0704. The Morgan fingerprint density at radius 2 is 2.38 bits per heavy atom. The second-order valence-electron chi connectivity index (χ2n) is 4.35. The number of nitrogens with two attached hydrogens (primary N) is 1. The lowest BCUT2D eigenvalue weighted by molar-refractivity contribution is -0.148. The average Bonchev–Trinajstić information content (AvgIpc) is 2.60. The van der Waals surface area contributed by atoms with E-state index in [4.69, 9.17) is 10.8 Å². The molecular formula is C11H20N2O3. The number of carboxylic acid groups (broad SMARTS) is 1. The van der Waals surface area contributed by atoms with Gasteiger partial charge in [0, 0.05) is 13.0 Å². The number of nitrogens with zero attached hydrogens (tertiary/aromatic N) is 1. The van der Waals surface area contributed by atoms with Crippen molar-refractivity contribution in [2.75, 3.05) is 13.1 Å². The van der Waals surface area contributed by atoms with E-state index in [1.807, 2.05) is 6.92 Å². The Bertz CT molecular complexity index is 268. The van der Waals surface area contributed by atoms with Gasteiger partial charge in [0.15, 0.2) is 0 Å². The minimum atomic E-state index is -0.903. The van der Waals surface area contributed by atoms with Crippen molar-refractivity contribution in [3.05, 3.63) is 0 Å². The van der Waals surface area contributed by atoms with Gasteiger partial charge < -0.3 is 15.7 Å². The fraction of sp³-hybridized carbons (Fsp3) is 0.818. The summed E-state index contributed by atoms with van der Waals surface area (Å²) in [5.41, 5.74) is 5.51. The van der Waals surface area contributed by atoms with Gasteiger partial charge in [-0.25, -0.2) is 4.79 Å². The standard InChI is InChI=1S/C11H20N2O3/c1-2-3-4-9(11(15)16)13-7-8(6-12)5-10(13)14/h8-9H,2-7,12H2,1H3,(H,15,16)/t8?,9-/m1/s1. The van der Waals surface area contributed by atoms with Crippen molar-refractivity contribution < 1.29 is 14.7 Å². The molecule has 0 saturated carbocycles. The molecule has 92 valence electrons. The van der Waals surface area contributed by atoms with Crippen LogP contribution in [0.25, 0.3) is 0 Å². The highest BCUT2D eigenvalue weighted by atomic mass is 16.4. The highest BCUT2D eigenvalue weighted by molar-refractivity contribution is 5.85. The third-order valence-electron chi connectivity index (χ3n) is 3.06. The SMILES string of the molecule is CCCC[C@H](C(=O)O)N1CC(CN)CC1=O. The van der Waals surface area contributed by atoms with Crippen molar-refractivity contribution in [3.8, 4) is 0 Å². The summed E-state index contributed by atoms with van der Waals surface area (Å²) in [5, 5.41) is 9.11. The molecule has 5 nitrogen and oxygen atoms in total. The lowest BCUT2D eigenvalue weighted by Crippen LogP contribution is -2.42. The second kappa shape index (κ2) is 5.84. The van der Waals surface area contributed by atoms with Gasteiger partial charge in [0.2, 0.25) is 5.91 Å². The van der Waals surface area contributed by atoms with E-state index in [9.17, 15) is 9.59 Å². The van der Waals surface area contributed by atoms with Crippen molar-refractivity contribution in [1.82, 2.24) is 4.90 Å². The van der Waals surface area contributed by atoms with Gasteiger partial charge in [-0.3, -0.25) is 4.79 Å². The molecule has 1 unspecified atom stereocenters. The summed E-state index contributed by atoms with van der Waals surface area (Å²) in [6, 6.07) is -0.663. The van der Waals surface area contributed by atoms with E-state index in [2.05, 4.69) is 0 Å². The summed E-state index contributed by atoms with van der Waals surface area (Å²) in [5.74, 6) is -0.852. The summed E-state index contributed by atoms with van der Waals surface area (Å²) in [4.78, 5) is 24.2. The van der Waals surface area contributed by atoms with Crippen LogP contribution < -0.4 is 5.73 Å². The Morgan fingerprint density at radius 3 is 2.81 bits per heavy atom. The van der Waals surface area contributed by atoms with Gasteiger partial charge in [0.25, 0.3) is 0 Å². The molecule has 0 bridgehead atoms. The molecule has 0 aromatic carbocycles. The lowest BCUT2D eigenvalue weighted by atomic mass is 10.1. The van der Waals surface area contributed by atoms with Crippen molar-refractivity contribution in [2.24, 2.45) is 11.7 Å². The van der Waals surface area contributed by atoms with Crippen LogP contribution in [0.1, 0.15) is 32.6 Å². The van der Waals surface area contributed by atoms with E-state index < -0.39 is 12.0 Å². The van der Waals surface area contributed by atoms with Crippen molar-refractivity contribution in [1.29, 1.82) is 0 Å². The van der Waals surface area contributed by atoms with Crippen LogP contribution in [-0.2, 0) is 9.59 Å². The number of aliphatic carboxylic acids is 1. The Labute approximate surface area is 95.6 Å². The predicted octanol–water partition coefficient (Wildman–Crippen LogP) is 0.437. The molecule has 3 N–H and O–H groups in total. The number of likely N-dealkylation sites (tertiary alicyclic amines) is 1. The van der Waals surface area contributed by atoms with E-state index in [0.29, 0.717) is 25.9 Å². The normalized spacial score (nSPS) is 22.5. The monoisotopic (exact) mass is 228 g/mol. The van der Waals surface area contributed by atoms with Crippen molar-refractivity contribution >= 4 is 11.9 Å². The van der Waals surface area contributed by atoms with E-state index in [-0.39, 0.29) is 11.8 Å². The maximum absolute atomic E-state index is 11.7. The van der Waals surface area contributed by atoms with Gasteiger partial charge in [0.1, 0.15) is 6.04 Å². The topological polar surface area (TPSA) is 83.6 Å². The molecule has 0 aliphatic carbocycles. The van der Waals surface area contributed by atoms with E-state index in [1.165, 1.54) is 4.90 Å². The number of carbonyl (C=O) groups excluding carboxylic acids is 1. The molecule has 0 radical (unpaired) electrons. The fourth-order valence-electron chi connectivity index (χ4n) is 2.08. The molecule has 1 aliphatic rings. The Kier molecular flexibility index (Phi) is 4.73. The summed E-state index contributed by atoms with van der Waals surface area (Å²) in [6.07, 6.45) is 2.70. The number of hydrogen-bond donors (Lipinski definition) is 2. The Balaban J connectivity index is 2.64. The first-order valence-corrected chi connectivity index (χ1v) is 5.82. The molecule has 1 heterocycles. The number of amides is 1. The molecule has 1 amide bonds. The van der Waals surface area contributed by atoms with Gasteiger partial charge in [-0.15, -0.1) is 0 Å². The van der Waals surface area contributed by atoms with E-state index in [0.717, 1.165) is 12.8 Å². The van der Waals surface area contributed by atoms with Gasteiger partial charge in [-0.2, -0.15) is 0 Å². The van der Waals surface area contributed by atoms with Crippen molar-refractivity contribution in [3.63, 3.8) is 0 Å². The first-order valence-electron chi connectivity index (χ1n) is 5.82. The highest BCUT2D eigenvalue weighted by Gasteiger charge is 2.36. The fourth-order valence-corrected chi connectivity index (χ4v) is 2.08. The molecule has 1 aliphatic heterocycles. The molecule has 0 spiro atoms. The largest absolute Gasteiger partial charge is 0.480 e. The molecule has 16 heavy (non-hydrogen) atoms. The zero-order valence-corrected chi connectivity index (χ0v) is 9.69. The minimum Gasteiger partial charge on any atom is -0.480 e. The maximum Gasteiger partial charge on any atom is 0.326 e. The zero-order valence-electron chi connectivity index (χ0n) is 9.69. The van der Waals surface area contributed by atoms with Crippen LogP contribution in [0.5, 0.6) is 0 Å². The van der Waals surface area contributed by atoms with Crippen LogP contribution in [0.4, 0.5) is 0 Å². The third kappa shape index (κ3) is 2.95. The summed E-state index contributed by atoms with van der Waals surface area (Å²) < 4.78 is 0. The van der Waals surface area contributed by atoms with Crippen LogP contribution in [0, 0.1) is 5.92 Å². The molecule has 1 rings (SSSR count). The quantitative estimate of drug-likeness (QED) is 0.691. The maximum atomic E-state index is 11.7. The number of carbonyl (C=O) groups is 2. The molecule has 2 atom stereocenters. The van der Waals surface area contributed by atoms with Crippen LogP contribution in [0.3, 0.4) is 0 Å². The molecule has 0 aromatic heterocycles. The van der Waals surface area contributed by atoms with Crippen molar-refractivity contribution in [2.45, 2.75) is 38.6 Å². The summed E-state index contributed by atoms with van der Waals surface area (Å²) >= 11 is 0. The predicted molar refractivity (Wildman–Crippen MR) is 59.8 cm³/mol. The zero-order chi connectivity index (χ0) is 12.1. The first-order chi connectivity index (χ1) is 7.60. The van der Waals surface area contributed by atoms with Gasteiger partial charge in [-0.1, -0.05) is 19.8 Å². The number of unbranched alkanes of at least 4 members (excludes halogenated alkanes) is 1. The number of carboxylic acids is 1. The third-order valence-corrected chi connectivity index (χ3v) is 3.06. The van der Waals surface area contributed by atoms with E-state index in [1.54, 1.807) is 0 Å². The Hall–Kier alpha value is -1.10. The smallest absolute Gasteiger partial charge is 0.326 e. The Morgan fingerprint density at radius 1 is 1.69 bits per heavy atom. The van der Waals surface area contributed by atoms with Gasteiger partial charge in [-0.05, 0) is 18.9 Å². The lowest BCUT2D eigenvalue weighted by Gasteiger charge is -2.24. The van der Waals surface area contributed by atoms with E-state index >= 15 is 0 Å². The molecule has 5 heteroatoms. The van der Waals surface area contributed by atoms with Gasteiger partial charge in [0.05, 0.1) is 0 Å². The summed E-state index contributed by atoms with van der Waals surface area (Å²) in [6.45, 7) is 2.95. The second-order valence-corrected chi connectivity index (χ2v) is 4.35. The van der Waals surface area contributed by atoms with Gasteiger partial charge >= 0.3 is 5.97 Å². The van der Waals surface area contributed by atoms with Crippen LogP contribution in [-0.4, -0.2) is 41.0 Å². The number of rotatable bonds is 6. The molecule has 0 aromatic rings.